The Morgan fingerprint density at radius 2 is 1.47 bits per heavy atom. The van der Waals surface area contributed by atoms with Crippen molar-refractivity contribution in [1.29, 1.82) is 0 Å². The maximum atomic E-state index is 11.8. The van der Waals surface area contributed by atoms with E-state index in [0.717, 1.165) is 32.4 Å². The molecule has 0 radical (unpaired) electrons. The number of nitrogens with zero attached hydrogens (tertiary/aromatic N) is 2. The molecular weight excluding hydrogens is 216 g/mol. The van der Waals surface area contributed by atoms with E-state index in [2.05, 4.69) is 4.90 Å². The van der Waals surface area contributed by atoms with E-state index in [1.165, 1.54) is 12.8 Å². The van der Waals surface area contributed by atoms with Crippen molar-refractivity contribution in [1.82, 2.24) is 9.80 Å². The molecule has 3 rings (SSSR count). The van der Waals surface area contributed by atoms with Gasteiger partial charge in [0, 0.05) is 18.9 Å². The van der Waals surface area contributed by atoms with Gasteiger partial charge in [-0.1, -0.05) is 6.42 Å². The van der Waals surface area contributed by atoms with Crippen LogP contribution in [0.1, 0.15) is 44.9 Å². The van der Waals surface area contributed by atoms with E-state index in [9.17, 15) is 9.59 Å². The minimum absolute atomic E-state index is 0.0624. The standard InChI is InChI=1S/C13H20N2O2/c16-12-6-7-13(17)15(12)11-5-3-9-14-8-2-1-4-10(11)14/h10-11H,1-9H2/t10-,11+/m1/s1. The zero-order valence-electron chi connectivity index (χ0n) is 10.2. The molecule has 0 aromatic heterocycles. The highest BCUT2D eigenvalue weighted by molar-refractivity contribution is 6.02. The number of hydrogen-bond acceptors (Lipinski definition) is 3. The fraction of sp³-hybridized carbons (Fsp3) is 0.846. The molecule has 0 saturated carbocycles. The predicted octanol–water partition coefficient (Wildman–Crippen LogP) is 1.15. The summed E-state index contributed by atoms with van der Waals surface area (Å²) in [6.45, 7) is 2.30. The summed E-state index contributed by atoms with van der Waals surface area (Å²) in [4.78, 5) is 27.8. The van der Waals surface area contributed by atoms with Gasteiger partial charge in [0.25, 0.3) is 0 Å². The van der Waals surface area contributed by atoms with E-state index in [1.807, 2.05) is 0 Å². The Morgan fingerprint density at radius 3 is 2.24 bits per heavy atom. The number of amides is 2. The molecule has 3 fully saturated rings. The van der Waals surface area contributed by atoms with Crippen LogP contribution in [-0.4, -0.2) is 46.8 Å². The Labute approximate surface area is 102 Å². The number of fused-ring (bicyclic) bond motifs is 1. The highest BCUT2D eigenvalue weighted by atomic mass is 16.2. The summed E-state index contributed by atoms with van der Waals surface area (Å²) >= 11 is 0. The van der Waals surface area contributed by atoms with Crippen molar-refractivity contribution in [3.8, 4) is 0 Å². The Hall–Kier alpha value is -0.900. The van der Waals surface area contributed by atoms with Gasteiger partial charge in [0.15, 0.2) is 0 Å². The molecular formula is C13H20N2O2. The van der Waals surface area contributed by atoms with Gasteiger partial charge in [-0.3, -0.25) is 19.4 Å². The first kappa shape index (κ1) is 11.2. The third-order valence-corrected chi connectivity index (χ3v) is 4.48. The number of carbonyl (C=O) groups is 2. The zero-order valence-corrected chi connectivity index (χ0v) is 10.2. The van der Waals surface area contributed by atoms with Crippen molar-refractivity contribution in [3.63, 3.8) is 0 Å². The van der Waals surface area contributed by atoms with Gasteiger partial charge < -0.3 is 0 Å². The molecule has 0 aromatic carbocycles. The maximum absolute atomic E-state index is 11.8. The Kier molecular flexibility index (Phi) is 2.90. The highest BCUT2D eigenvalue weighted by Gasteiger charge is 2.42. The Morgan fingerprint density at radius 1 is 0.824 bits per heavy atom. The van der Waals surface area contributed by atoms with Gasteiger partial charge in [-0.05, 0) is 38.8 Å². The van der Waals surface area contributed by atoms with E-state index in [4.69, 9.17) is 0 Å². The van der Waals surface area contributed by atoms with E-state index in [-0.39, 0.29) is 17.9 Å². The largest absolute Gasteiger partial charge is 0.298 e. The molecule has 4 nitrogen and oxygen atoms in total. The van der Waals surface area contributed by atoms with Crippen molar-refractivity contribution in [2.45, 2.75) is 57.0 Å². The molecule has 2 atom stereocenters. The van der Waals surface area contributed by atoms with Crippen LogP contribution in [0.25, 0.3) is 0 Å². The molecule has 0 spiro atoms. The summed E-state index contributed by atoms with van der Waals surface area (Å²) in [5, 5.41) is 0. The molecule has 94 valence electrons. The average Bonchev–Trinajstić information content (AvgIpc) is 2.69. The molecule has 0 N–H and O–H groups in total. The fourth-order valence-electron chi connectivity index (χ4n) is 3.69. The second-order valence-corrected chi connectivity index (χ2v) is 5.47. The third kappa shape index (κ3) is 1.88. The molecule has 0 unspecified atom stereocenters. The molecule has 0 aliphatic carbocycles. The first-order valence-electron chi connectivity index (χ1n) is 6.86. The van der Waals surface area contributed by atoms with Gasteiger partial charge in [-0.15, -0.1) is 0 Å². The van der Waals surface area contributed by atoms with Gasteiger partial charge in [-0.2, -0.15) is 0 Å². The molecule has 2 amide bonds. The summed E-state index contributed by atoms with van der Waals surface area (Å²) in [6, 6.07) is 0.620. The Balaban J connectivity index is 1.80. The van der Waals surface area contributed by atoms with Crippen LogP contribution in [0, 0.1) is 0 Å². The number of carbonyl (C=O) groups excluding carboxylic acids is 2. The van der Waals surface area contributed by atoms with E-state index in [0.29, 0.717) is 18.9 Å². The highest BCUT2D eigenvalue weighted by Crippen LogP contribution is 2.32. The maximum Gasteiger partial charge on any atom is 0.229 e. The third-order valence-electron chi connectivity index (χ3n) is 4.48. The number of likely N-dealkylation sites (tertiary alicyclic amines) is 1. The second-order valence-electron chi connectivity index (χ2n) is 5.47. The van der Waals surface area contributed by atoms with Crippen LogP contribution in [0.4, 0.5) is 0 Å². The Bertz CT molecular complexity index is 324. The zero-order chi connectivity index (χ0) is 11.8. The van der Waals surface area contributed by atoms with Crippen molar-refractivity contribution >= 4 is 11.8 Å². The lowest BCUT2D eigenvalue weighted by Gasteiger charge is -2.46. The van der Waals surface area contributed by atoms with E-state index in [1.54, 1.807) is 4.90 Å². The molecule has 4 heteroatoms. The normalized spacial score (nSPS) is 35.2. The minimum atomic E-state index is 0.0624. The molecule has 0 aromatic rings. The fourth-order valence-corrected chi connectivity index (χ4v) is 3.69. The SMILES string of the molecule is O=C1CCC(=O)N1[C@H]1CCCN2CCCC[C@H]12. The molecule has 0 bridgehead atoms. The summed E-state index contributed by atoms with van der Waals surface area (Å²) < 4.78 is 0. The molecule has 3 saturated heterocycles. The summed E-state index contributed by atoms with van der Waals surface area (Å²) in [7, 11) is 0. The average molecular weight is 236 g/mol. The first-order valence-corrected chi connectivity index (χ1v) is 6.86. The van der Waals surface area contributed by atoms with Crippen LogP contribution in [0.5, 0.6) is 0 Å². The quantitative estimate of drug-likeness (QED) is 0.641. The summed E-state index contributed by atoms with van der Waals surface area (Å²) in [5.74, 6) is 0.125. The van der Waals surface area contributed by atoms with Crippen LogP contribution in [0.3, 0.4) is 0 Å². The monoisotopic (exact) mass is 236 g/mol. The molecule has 17 heavy (non-hydrogen) atoms. The van der Waals surface area contributed by atoms with Crippen LogP contribution < -0.4 is 0 Å². The lowest BCUT2D eigenvalue weighted by atomic mass is 9.88. The van der Waals surface area contributed by atoms with Crippen molar-refractivity contribution < 1.29 is 9.59 Å². The number of hydrogen-bond donors (Lipinski definition) is 0. The van der Waals surface area contributed by atoms with Crippen molar-refractivity contribution in [2.24, 2.45) is 0 Å². The van der Waals surface area contributed by atoms with Gasteiger partial charge in [0.05, 0.1) is 6.04 Å². The predicted molar refractivity (Wildman–Crippen MR) is 63.3 cm³/mol. The second kappa shape index (κ2) is 4.41. The minimum Gasteiger partial charge on any atom is -0.298 e. The number of imide groups is 1. The van der Waals surface area contributed by atoms with Crippen molar-refractivity contribution in [2.75, 3.05) is 13.1 Å². The van der Waals surface area contributed by atoms with Gasteiger partial charge in [0.1, 0.15) is 0 Å². The van der Waals surface area contributed by atoms with Gasteiger partial charge in [0.2, 0.25) is 11.8 Å². The summed E-state index contributed by atoms with van der Waals surface area (Å²) in [6.07, 6.45) is 6.67. The number of rotatable bonds is 1. The van der Waals surface area contributed by atoms with Gasteiger partial charge in [-0.25, -0.2) is 0 Å². The lowest BCUT2D eigenvalue weighted by Crippen LogP contribution is -2.58. The van der Waals surface area contributed by atoms with Gasteiger partial charge >= 0.3 is 0 Å². The number of piperidine rings is 2. The van der Waals surface area contributed by atoms with Crippen LogP contribution >= 0.6 is 0 Å². The van der Waals surface area contributed by atoms with E-state index < -0.39 is 0 Å². The van der Waals surface area contributed by atoms with Crippen LogP contribution in [0.2, 0.25) is 0 Å². The van der Waals surface area contributed by atoms with Crippen LogP contribution in [-0.2, 0) is 9.59 Å². The van der Waals surface area contributed by atoms with E-state index >= 15 is 0 Å². The molecule has 3 aliphatic heterocycles. The molecule has 3 heterocycles. The lowest BCUT2D eigenvalue weighted by molar-refractivity contribution is -0.144. The summed E-state index contributed by atoms with van der Waals surface area (Å²) in [5.41, 5.74) is 0. The first-order chi connectivity index (χ1) is 8.27. The smallest absolute Gasteiger partial charge is 0.229 e. The van der Waals surface area contributed by atoms with Crippen LogP contribution in [0.15, 0.2) is 0 Å². The molecule has 3 aliphatic rings. The topological polar surface area (TPSA) is 40.6 Å². The van der Waals surface area contributed by atoms with Crippen molar-refractivity contribution in [3.05, 3.63) is 0 Å².